The summed E-state index contributed by atoms with van der Waals surface area (Å²) in [5.41, 5.74) is 0. The lowest BCUT2D eigenvalue weighted by Crippen LogP contribution is -2.36. The van der Waals surface area contributed by atoms with Crippen LogP contribution in [0.25, 0.3) is 0 Å². The molecule has 1 amide bonds. The van der Waals surface area contributed by atoms with E-state index < -0.39 is 9.84 Å². The third kappa shape index (κ3) is 2.95. The highest BCUT2D eigenvalue weighted by molar-refractivity contribution is 7.91. The fourth-order valence-corrected chi connectivity index (χ4v) is 3.91. The van der Waals surface area contributed by atoms with Crippen LogP contribution in [-0.4, -0.2) is 45.1 Å². The molecule has 0 spiro atoms. The first kappa shape index (κ1) is 11.9. The van der Waals surface area contributed by atoms with Crippen molar-refractivity contribution in [1.29, 1.82) is 0 Å². The second-order valence-electron chi connectivity index (χ2n) is 4.48. The lowest BCUT2D eigenvalue weighted by Gasteiger charge is -2.13. The first-order valence-corrected chi connectivity index (χ1v) is 7.49. The number of amides is 1. The van der Waals surface area contributed by atoms with Crippen molar-refractivity contribution < 1.29 is 17.9 Å². The van der Waals surface area contributed by atoms with Crippen LogP contribution in [0.1, 0.15) is 19.3 Å². The monoisotopic (exact) mass is 247 g/mol. The van der Waals surface area contributed by atoms with E-state index in [1.165, 1.54) is 0 Å². The lowest BCUT2D eigenvalue weighted by molar-refractivity contribution is -0.124. The highest BCUT2D eigenvalue weighted by atomic mass is 32.2. The topological polar surface area (TPSA) is 72.5 Å². The van der Waals surface area contributed by atoms with E-state index in [1.54, 1.807) is 0 Å². The van der Waals surface area contributed by atoms with Crippen molar-refractivity contribution in [2.75, 3.05) is 24.7 Å². The van der Waals surface area contributed by atoms with Crippen LogP contribution < -0.4 is 5.32 Å². The molecule has 0 aromatic heterocycles. The predicted octanol–water partition coefficient (Wildman–Crippen LogP) is -0.284. The molecule has 16 heavy (non-hydrogen) atoms. The van der Waals surface area contributed by atoms with Gasteiger partial charge < -0.3 is 10.1 Å². The minimum atomic E-state index is -2.97. The zero-order valence-electron chi connectivity index (χ0n) is 9.15. The molecular weight excluding hydrogens is 230 g/mol. The molecule has 2 rings (SSSR count). The summed E-state index contributed by atoms with van der Waals surface area (Å²) in [4.78, 5) is 11.7. The van der Waals surface area contributed by atoms with Gasteiger partial charge in [-0.05, 0) is 19.3 Å². The quantitative estimate of drug-likeness (QED) is 0.744. The van der Waals surface area contributed by atoms with Crippen LogP contribution in [0.15, 0.2) is 0 Å². The highest BCUT2D eigenvalue weighted by Crippen LogP contribution is 2.18. The van der Waals surface area contributed by atoms with Crippen LogP contribution in [0.5, 0.6) is 0 Å². The van der Waals surface area contributed by atoms with Gasteiger partial charge in [-0.25, -0.2) is 8.42 Å². The zero-order chi connectivity index (χ0) is 11.6. The van der Waals surface area contributed by atoms with Crippen LogP contribution in [0.2, 0.25) is 0 Å². The van der Waals surface area contributed by atoms with Gasteiger partial charge in [0.25, 0.3) is 0 Å². The molecule has 0 bridgehead atoms. The van der Waals surface area contributed by atoms with Crippen LogP contribution in [0, 0.1) is 5.92 Å². The highest BCUT2D eigenvalue weighted by Gasteiger charge is 2.33. The Bertz CT molecular complexity index is 359. The molecule has 2 aliphatic heterocycles. The molecule has 0 aliphatic carbocycles. The summed E-state index contributed by atoms with van der Waals surface area (Å²) in [7, 11) is -2.97. The van der Waals surface area contributed by atoms with Crippen molar-refractivity contribution in [3.63, 3.8) is 0 Å². The second kappa shape index (κ2) is 4.71. The standard InChI is InChI=1S/C10H17NO4S/c12-10(8-3-5-16(13,14)7-8)11-6-9-2-1-4-15-9/h8-9H,1-7H2,(H,11,12). The maximum absolute atomic E-state index is 11.7. The molecule has 0 radical (unpaired) electrons. The van der Waals surface area contributed by atoms with Crippen molar-refractivity contribution >= 4 is 15.7 Å². The van der Waals surface area contributed by atoms with E-state index in [-0.39, 0.29) is 29.4 Å². The summed E-state index contributed by atoms with van der Waals surface area (Å²) in [6.45, 7) is 1.27. The number of nitrogens with one attached hydrogen (secondary N) is 1. The molecule has 2 heterocycles. The first-order chi connectivity index (χ1) is 7.57. The molecule has 0 aromatic rings. The van der Waals surface area contributed by atoms with E-state index in [0.29, 0.717) is 13.0 Å². The van der Waals surface area contributed by atoms with Crippen LogP contribution in [0.3, 0.4) is 0 Å². The Hall–Kier alpha value is -0.620. The van der Waals surface area contributed by atoms with Gasteiger partial charge in [0.15, 0.2) is 9.84 Å². The van der Waals surface area contributed by atoms with Gasteiger partial charge in [0.1, 0.15) is 0 Å². The van der Waals surface area contributed by atoms with Gasteiger partial charge >= 0.3 is 0 Å². The normalized spacial score (nSPS) is 32.8. The number of hydrogen-bond acceptors (Lipinski definition) is 4. The minimum Gasteiger partial charge on any atom is -0.376 e. The van der Waals surface area contributed by atoms with E-state index in [0.717, 1.165) is 19.4 Å². The average molecular weight is 247 g/mol. The van der Waals surface area contributed by atoms with Crippen molar-refractivity contribution in [3.8, 4) is 0 Å². The molecular formula is C10H17NO4S. The van der Waals surface area contributed by atoms with Crippen molar-refractivity contribution in [2.24, 2.45) is 5.92 Å². The van der Waals surface area contributed by atoms with Crippen LogP contribution in [0.4, 0.5) is 0 Å². The summed E-state index contributed by atoms with van der Waals surface area (Å²) >= 11 is 0. The van der Waals surface area contributed by atoms with Gasteiger partial charge in [0.2, 0.25) is 5.91 Å². The Morgan fingerprint density at radius 3 is 2.75 bits per heavy atom. The third-order valence-corrected chi connectivity index (χ3v) is 4.90. The number of sulfone groups is 1. The second-order valence-corrected chi connectivity index (χ2v) is 6.71. The molecule has 0 aromatic carbocycles. The smallest absolute Gasteiger partial charge is 0.224 e. The lowest BCUT2D eigenvalue weighted by atomic mass is 10.1. The average Bonchev–Trinajstić information content (AvgIpc) is 2.83. The molecule has 92 valence electrons. The molecule has 2 unspecified atom stereocenters. The minimum absolute atomic E-state index is 0.00432. The van der Waals surface area contributed by atoms with Crippen molar-refractivity contribution in [2.45, 2.75) is 25.4 Å². The molecule has 0 saturated carbocycles. The zero-order valence-corrected chi connectivity index (χ0v) is 9.96. The van der Waals surface area contributed by atoms with Gasteiger partial charge in [0, 0.05) is 13.2 Å². The molecule has 2 saturated heterocycles. The Morgan fingerprint density at radius 1 is 1.38 bits per heavy atom. The van der Waals surface area contributed by atoms with Crippen LogP contribution >= 0.6 is 0 Å². The number of carbonyl (C=O) groups excluding carboxylic acids is 1. The van der Waals surface area contributed by atoms with Gasteiger partial charge in [0.05, 0.1) is 23.5 Å². The summed E-state index contributed by atoms with van der Waals surface area (Å²) in [6.07, 6.45) is 2.59. The maximum Gasteiger partial charge on any atom is 0.224 e. The predicted molar refractivity (Wildman–Crippen MR) is 58.7 cm³/mol. The summed E-state index contributed by atoms with van der Waals surface area (Å²) in [6, 6.07) is 0. The van der Waals surface area contributed by atoms with Gasteiger partial charge in [-0.2, -0.15) is 0 Å². The van der Waals surface area contributed by atoms with Gasteiger partial charge in [-0.15, -0.1) is 0 Å². The Labute approximate surface area is 95.5 Å². The molecule has 5 nitrogen and oxygen atoms in total. The Balaban J connectivity index is 1.76. The first-order valence-electron chi connectivity index (χ1n) is 5.66. The fourth-order valence-electron chi connectivity index (χ4n) is 2.17. The van der Waals surface area contributed by atoms with Crippen molar-refractivity contribution in [3.05, 3.63) is 0 Å². The number of rotatable bonds is 3. The fraction of sp³-hybridized carbons (Fsp3) is 0.900. The van der Waals surface area contributed by atoms with E-state index in [4.69, 9.17) is 4.74 Å². The molecule has 1 N–H and O–H groups in total. The Kier molecular flexibility index (Phi) is 3.49. The molecule has 2 aliphatic rings. The van der Waals surface area contributed by atoms with Crippen LogP contribution in [-0.2, 0) is 19.4 Å². The number of ether oxygens (including phenoxy) is 1. The number of carbonyl (C=O) groups is 1. The SMILES string of the molecule is O=C(NCC1CCCO1)C1CCS(=O)(=O)C1. The summed E-state index contributed by atoms with van der Waals surface area (Å²) < 4.78 is 27.8. The largest absolute Gasteiger partial charge is 0.376 e. The molecule has 2 atom stereocenters. The third-order valence-electron chi connectivity index (χ3n) is 3.13. The number of hydrogen-bond donors (Lipinski definition) is 1. The van der Waals surface area contributed by atoms with Gasteiger partial charge in [-0.1, -0.05) is 0 Å². The van der Waals surface area contributed by atoms with E-state index in [1.807, 2.05) is 0 Å². The van der Waals surface area contributed by atoms with Gasteiger partial charge in [-0.3, -0.25) is 4.79 Å². The van der Waals surface area contributed by atoms with E-state index >= 15 is 0 Å². The van der Waals surface area contributed by atoms with E-state index in [2.05, 4.69) is 5.32 Å². The molecule has 2 fully saturated rings. The summed E-state index contributed by atoms with van der Waals surface area (Å²) in [5, 5.41) is 2.78. The summed E-state index contributed by atoms with van der Waals surface area (Å²) in [5.74, 6) is -0.349. The Morgan fingerprint density at radius 2 is 2.19 bits per heavy atom. The van der Waals surface area contributed by atoms with E-state index in [9.17, 15) is 13.2 Å². The maximum atomic E-state index is 11.7. The van der Waals surface area contributed by atoms with Crippen molar-refractivity contribution in [1.82, 2.24) is 5.32 Å². The molecule has 6 heteroatoms.